The van der Waals surface area contributed by atoms with Crippen molar-refractivity contribution < 1.29 is 9.59 Å². The molecule has 88 valence electrons. The number of amides is 2. The highest BCUT2D eigenvalue weighted by atomic mass is 16.2. The van der Waals surface area contributed by atoms with E-state index in [1.807, 2.05) is 0 Å². The van der Waals surface area contributed by atoms with Crippen molar-refractivity contribution in [1.29, 1.82) is 0 Å². The fourth-order valence-electron chi connectivity index (χ4n) is 1.45. The Bertz CT molecular complexity index is 303. The van der Waals surface area contributed by atoms with E-state index in [2.05, 4.69) is 18.8 Å². The maximum absolute atomic E-state index is 11.4. The molecule has 0 fully saturated rings. The van der Waals surface area contributed by atoms with Crippen LogP contribution in [0.3, 0.4) is 0 Å². The lowest BCUT2D eigenvalue weighted by Crippen LogP contribution is -2.31. The summed E-state index contributed by atoms with van der Waals surface area (Å²) < 4.78 is 0. The van der Waals surface area contributed by atoms with E-state index in [0.29, 0.717) is 25.2 Å². The quantitative estimate of drug-likeness (QED) is 0.687. The summed E-state index contributed by atoms with van der Waals surface area (Å²) in [6, 6.07) is 0. The predicted molar refractivity (Wildman–Crippen MR) is 62.5 cm³/mol. The molecule has 4 nitrogen and oxygen atoms in total. The number of nitrogens with one attached hydrogen (secondary N) is 1. The number of allylic oxidation sites excluding steroid dienone is 1. The second kappa shape index (κ2) is 6.10. The lowest BCUT2D eigenvalue weighted by Gasteiger charge is -2.16. The third-order valence-electron chi connectivity index (χ3n) is 2.45. The Morgan fingerprint density at radius 2 is 2.25 bits per heavy atom. The van der Waals surface area contributed by atoms with Crippen molar-refractivity contribution in [2.24, 2.45) is 0 Å². The Morgan fingerprint density at radius 1 is 1.50 bits per heavy atom. The van der Waals surface area contributed by atoms with Gasteiger partial charge in [0.15, 0.2) is 0 Å². The van der Waals surface area contributed by atoms with E-state index in [4.69, 9.17) is 0 Å². The van der Waals surface area contributed by atoms with E-state index in [1.54, 1.807) is 6.08 Å². The molecule has 1 N–H and O–H groups in total. The average Bonchev–Trinajstić information content (AvgIpc) is 2.57. The summed E-state index contributed by atoms with van der Waals surface area (Å²) in [5, 5.41) is 2.81. The van der Waals surface area contributed by atoms with Crippen molar-refractivity contribution in [2.75, 3.05) is 13.1 Å². The summed E-state index contributed by atoms with van der Waals surface area (Å²) in [5.74, 6) is -0.104. The summed E-state index contributed by atoms with van der Waals surface area (Å²) in [7, 11) is 0. The predicted octanol–water partition coefficient (Wildman–Crippen LogP) is 1.20. The Morgan fingerprint density at radius 3 is 2.81 bits per heavy atom. The van der Waals surface area contributed by atoms with Gasteiger partial charge in [0, 0.05) is 31.3 Å². The Labute approximate surface area is 96.0 Å². The van der Waals surface area contributed by atoms with Crippen molar-refractivity contribution in [2.45, 2.75) is 26.2 Å². The van der Waals surface area contributed by atoms with Crippen LogP contribution in [-0.4, -0.2) is 29.8 Å². The van der Waals surface area contributed by atoms with Crippen LogP contribution >= 0.6 is 0 Å². The van der Waals surface area contributed by atoms with Gasteiger partial charge < -0.3 is 10.2 Å². The number of rotatable bonds is 6. The fraction of sp³-hybridized carbons (Fsp3) is 0.500. The van der Waals surface area contributed by atoms with E-state index in [-0.39, 0.29) is 11.8 Å². The molecule has 1 rings (SSSR count). The molecule has 16 heavy (non-hydrogen) atoms. The molecule has 0 radical (unpaired) electrons. The second-order valence-corrected chi connectivity index (χ2v) is 3.77. The average molecular weight is 222 g/mol. The zero-order chi connectivity index (χ0) is 12.0. The molecule has 0 saturated carbocycles. The number of hydrogen-bond acceptors (Lipinski definition) is 2. The standard InChI is InChI=1S/C12H18N2O2/c1-3-4-8-13-11(15)7-9-14-10(2)5-6-12(14)16/h5-6H,2-4,7-9H2,1H3,(H,13,15). The van der Waals surface area contributed by atoms with Crippen molar-refractivity contribution in [3.8, 4) is 0 Å². The molecule has 0 aromatic carbocycles. The highest BCUT2D eigenvalue weighted by Crippen LogP contribution is 2.12. The van der Waals surface area contributed by atoms with E-state index in [1.165, 1.54) is 11.0 Å². The van der Waals surface area contributed by atoms with Crippen molar-refractivity contribution in [3.05, 3.63) is 24.4 Å². The second-order valence-electron chi connectivity index (χ2n) is 3.77. The SMILES string of the molecule is C=C1C=CC(=O)N1CCC(=O)NCCCC. The Kier molecular flexibility index (Phi) is 4.76. The van der Waals surface area contributed by atoms with Crippen LogP contribution in [0.25, 0.3) is 0 Å². The van der Waals surface area contributed by atoms with Crippen molar-refractivity contribution in [3.63, 3.8) is 0 Å². The molecular weight excluding hydrogens is 204 g/mol. The number of hydrogen-bond donors (Lipinski definition) is 1. The van der Waals surface area contributed by atoms with E-state index in [0.717, 1.165) is 12.8 Å². The minimum Gasteiger partial charge on any atom is -0.356 e. The van der Waals surface area contributed by atoms with Gasteiger partial charge in [-0.15, -0.1) is 0 Å². The van der Waals surface area contributed by atoms with Gasteiger partial charge in [-0.3, -0.25) is 9.59 Å². The van der Waals surface area contributed by atoms with Crippen LogP contribution in [-0.2, 0) is 9.59 Å². The first-order chi connectivity index (χ1) is 7.65. The van der Waals surface area contributed by atoms with Gasteiger partial charge in [-0.25, -0.2) is 0 Å². The van der Waals surface area contributed by atoms with Gasteiger partial charge in [0.2, 0.25) is 5.91 Å². The summed E-state index contributed by atoms with van der Waals surface area (Å²) in [6.07, 6.45) is 5.51. The van der Waals surface area contributed by atoms with Crippen LogP contribution in [0.5, 0.6) is 0 Å². The number of unbranched alkanes of at least 4 members (excludes halogenated alkanes) is 1. The zero-order valence-corrected chi connectivity index (χ0v) is 9.66. The van der Waals surface area contributed by atoms with Crippen LogP contribution in [0.2, 0.25) is 0 Å². The van der Waals surface area contributed by atoms with Crippen LogP contribution in [0.1, 0.15) is 26.2 Å². The van der Waals surface area contributed by atoms with E-state index < -0.39 is 0 Å². The first-order valence-corrected chi connectivity index (χ1v) is 5.60. The van der Waals surface area contributed by atoms with Gasteiger partial charge >= 0.3 is 0 Å². The normalized spacial score (nSPS) is 14.7. The lowest BCUT2D eigenvalue weighted by atomic mass is 10.3. The lowest BCUT2D eigenvalue weighted by molar-refractivity contribution is -0.124. The first kappa shape index (κ1) is 12.5. The molecule has 0 atom stereocenters. The summed E-state index contributed by atoms with van der Waals surface area (Å²) in [5.41, 5.74) is 0.659. The molecule has 1 heterocycles. The molecule has 0 saturated heterocycles. The van der Waals surface area contributed by atoms with Gasteiger partial charge in [-0.2, -0.15) is 0 Å². The minimum absolute atomic E-state index is 0.0130. The van der Waals surface area contributed by atoms with Gasteiger partial charge in [-0.05, 0) is 12.5 Å². The van der Waals surface area contributed by atoms with E-state index >= 15 is 0 Å². The van der Waals surface area contributed by atoms with Crippen LogP contribution < -0.4 is 5.32 Å². The molecule has 0 aromatic heterocycles. The highest BCUT2D eigenvalue weighted by Gasteiger charge is 2.18. The summed E-state index contributed by atoms with van der Waals surface area (Å²) in [4.78, 5) is 24.2. The molecule has 2 amide bonds. The largest absolute Gasteiger partial charge is 0.356 e. The maximum Gasteiger partial charge on any atom is 0.251 e. The number of carbonyl (C=O) groups is 2. The third-order valence-corrected chi connectivity index (χ3v) is 2.45. The fourth-order valence-corrected chi connectivity index (χ4v) is 1.45. The third kappa shape index (κ3) is 3.53. The summed E-state index contributed by atoms with van der Waals surface area (Å²) >= 11 is 0. The van der Waals surface area contributed by atoms with Crippen LogP contribution in [0, 0.1) is 0 Å². The van der Waals surface area contributed by atoms with Crippen LogP contribution in [0.4, 0.5) is 0 Å². The zero-order valence-electron chi connectivity index (χ0n) is 9.66. The van der Waals surface area contributed by atoms with Crippen molar-refractivity contribution >= 4 is 11.8 Å². The maximum atomic E-state index is 11.4. The van der Waals surface area contributed by atoms with Gasteiger partial charge in [0.05, 0.1) is 0 Å². The van der Waals surface area contributed by atoms with Gasteiger partial charge in [-0.1, -0.05) is 19.9 Å². The molecule has 0 bridgehead atoms. The Hall–Kier alpha value is -1.58. The number of nitrogens with zero attached hydrogens (tertiary/aromatic N) is 1. The molecule has 4 heteroatoms. The molecule has 0 spiro atoms. The van der Waals surface area contributed by atoms with E-state index in [9.17, 15) is 9.59 Å². The number of carbonyl (C=O) groups excluding carboxylic acids is 2. The summed E-state index contributed by atoms with van der Waals surface area (Å²) in [6.45, 7) is 6.92. The molecule has 1 aliphatic rings. The molecule has 0 aliphatic carbocycles. The highest BCUT2D eigenvalue weighted by molar-refractivity contribution is 5.93. The smallest absolute Gasteiger partial charge is 0.251 e. The Balaban J connectivity index is 2.22. The first-order valence-electron chi connectivity index (χ1n) is 5.60. The molecular formula is C12H18N2O2. The van der Waals surface area contributed by atoms with Gasteiger partial charge in [0.25, 0.3) is 5.91 Å². The molecule has 0 aromatic rings. The van der Waals surface area contributed by atoms with Crippen LogP contribution in [0.15, 0.2) is 24.4 Å². The topological polar surface area (TPSA) is 49.4 Å². The minimum atomic E-state index is -0.0913. The van der Waals surface area contributed by atoms with Gasteiger partial charge in [0.1, 0.15) is 0 Å². The van der Waals surface area contributed by atoms with Crippen molar-refractivity contribution in [1.82, 2.24) is 10.2 Å². The monoisotopic (exact) mass is 222 g/mol. The molecule has 0 unspecified atom stereocenters. The molecule has 1 aliphatic heterocycles.